The van der Waals surface area contributed by atoms with Crippen LogP contribution >= 0.6 is 11.3 Å². The van der Waals surface area contributed by atoms with Crippen LogP contribution in [0.15, 0.2) is 46.2 Å². The molecule has 2 aromatic heterocycles. The average Bonchev–Trinajstić information content (AvgIpc) is 3.37. The quantitative estimate of drug-likeness (QED) is 0.246. The lowest BCUT2D eigenvalue weighted by Crippen LogP contribution is -2.48. The maximum absolute atomic E-state index is 13.0. The number of aryl methyl sites for hydroxylation is 1. The minimum absolute atomic E-state index is 0.0149. The molecule has 16 heteroatoms. The van der Waals surface area contributed by atoms with Crippen LogP contribution in [0.1, 0.15) is 37.1 Å². The van der Waals surface area contributed by atoms with E-state index in [0.717, 1.165) is 25.0 Å². The number of piperidine rings is 1. The normalized spacial score (nSPS) is 19.8. The van der Waals surface area contributed by atoms with Gasteiger partial charge in [0.15, 0.2) is 12.2 Å². The molecule has 2 aliphatic rings. The van der Waals surface area contributed by atoms with Gasteiger partial charge in [-0.05, 0) is 49.9 Å². The number of nitrogens with one attached hydrogen (secondary N) is 2. The van der Waals surface area contributed by atoms with Crippen LogP contribution in [0, 0.1) is 0 Å². The summed E-state index contributed by atoms with van der Waals surface area (Å²) in [7, 11) is -3.55. The molecular formula is C25H29N7O7S2. The Bertz CT molecular complexity index is 1490. The van der Waals surface area contributed by atoms with E-state index in [0.29, 0.717) is 30.9 Å². The highest BCUT2D eigenvalue weighted by Gasteiger charge is 2.51. The fourth-order valence-electron chi connectivity index (χ4n) is 4.51. The van der Waals surface area contributed by atoms with Crippen molar-refractivity contribution >= 4 is 39.1 Å². The first-order chi connectivity index (χ1) is 19.7. The van der Waals surface area contributed by atoms with Gasteiger partial charge in [-0.1, -0.05) is 11.6 Å². The lowest BCUT2D eigenvalue weighted by Gasteiger charge is -2.25. The Balaban J connectivity index is 1.19. The molecular weight excluding hydrogens is 574 g/mol. The maximum Gasteiger partial charge on any atom is 0.336 e. The summed E-state index contributed by atoms with van der Waals surface area (Å²) in [5.74, 6) is -2.40. The monoisotopic (exact) mass is 603 g/mol. The van der Waals surface area contributed by atoms with Gasteiger partial charge in [0.1, 0.15) is 11.7 Å². The topological polar surface area (TPSA) is 189 Å². The SMILES string of the molecule is O=C(NCc1cn(-c2ccc(S(=O)(=O)N3CCCCC3)cc2)nn1)[C@H](CCc1cscn1)NC(=O)[C@H]1O[C@@H]1C(=O)O. The first kappa shape index (κ1) is 28.8. The molecule has 3 atom stereocenters. The van der Waals surface area contributed by atoms with Crippen molar-refractivity contribution in [2.75, 3.05) is 13.1 Å². The summed E-state index contributed by atoms with van der Waals surface area (Å²) in [5, 5.41) is 24.3. The van der Waals surface area contributed by atoms with Crippen LogP contribution in [-0.2, 0) is 42.1 Å². The molecule has 0 bridgehead atoms. The molecule has 3 aromatic rings. The second kappa shape index (κ2) is 12.4. The second-order valence-electron chi connectivity index (χ2n) is 9.73. The summed E-state index contributed by atoms with van der Waals surface area (Å²) >= 11 is 1.41. The zero-order chi connectivity index (χ0) is 29.0. The summed E-state index contributed by atoms with van der Waals surface area (Å²) in [4.78, 5) is 40.9. The highest BCUT2D eigenvalue weighted by atomic mass is 32.2. The molecule has 3 N–H and O–H groups in total. The minimum atomic E-state index is -3.55. The van der Waals surface area contributed by atoms with E-state index >= 15 is 0 Å². The number of carboxylic acid groups (broad SMARTS) is 1. The van der Waals surface area contributed by atoms with Crippen molar-refractivity contribution in [1.82, 2.24) is 34.9 Å². The molecule has 1 aromatic carbocycles. The van der Waals surface area contributed by atoms with Crippen LogP contribution in [0.5, 0.6) is 0 Å². The number of aromatic nitrogens is 4. The third-order valence-electron chi connectivity index (χ3n) is 6.84. The number of hydrogen-bond acceptors (Lipinski definition) is 10. The molecule has 0 spiro atoms. The van der Waals surface area contributed by atoms with Crippen LogP contribution in [0.3, 0.4) is 0 Å². The molecule has 2 saturated heterocycles. The zero-order valence-electron chi connectivity index (χ0n) is 21.9. The smallest absolute Gasteiger partial charge is 0.336 e. The molecule has 41 heavy (non-hydrogen) atoms. The summed E-state index contributed by atoms with van der Waals surface area (Å²) in [6.45, 7) is 1.06. The van der Waals surface area contributed by atoms with Gasteiger partial charge < -0.3 is 20.5 Å². The molecule has 2 aliphatic heterocycles. The van der Waals surface area contributed by atoms with E-state index in [1.165, 1.54) is 32.5 Å². The molecule has 0 saturated carbocycles. The largest absolute Gasteiger partial charge is 0.479 e. The Kier molecular flexibility index (Phi) is 8.72. The van der Waals surface area contributed by atoms with Crippen molar-refractivity contribution < 1.29 is 32.6 Å². The number of hydrogen-bond donors (Lipinski definition) is 3. The number of carboxylic acids is 1. The van der Waals surface area contributed by atoms with Gasteiger partial charge in [-0.15, -0.1) is 16.4 Å². The fraction of sp³-hybridized carbons (Fsp3) is 0.440. The molecule has 0 aliphatic carbocycles. The van der Waals surface area contributed by atoms with Crippen molar-refractivity contribution in [3.8, 4) is 5.69 Å². The van der Waals surface area contributed by atoms with Gasteiger partial charge in [0.2, 0.25) is 15.9 Å². The number of aliphatic carboxylic acids is 1. The van der Waals surface area contributed by atoms with E-state index in [2.05, 4.69) is 25.9 Å². The highest BCUT2D eigenvalue weighted by Crippen LogP contribution is 2.23. The summed E-state index contributed by atoms with van der Waals surface area (Å²) in [6.07, 6.45) is 2.66. The lowest BCUT2D eigenvalue weighted by atomic mass is 10.1. The number of benzene rings is 1. The minimum Gasteiger partial charge on any atom is -0.479 e. The number of sulfonamides is 1. The Morgan fingerprint density at radius 2 is 1.85 bits per heavy atom. The van der Waals surface area contributed by atoms with E-state index in [4.69, 9.17) is 9.84 Å². The average molecular weight is 604 g/mol. The second-order valence-corrected chi connectivity index (χ2v) is 12.4. The number of rotatable bonds is 12. The van der Waals surface area contributed by atoms with Crippen LogP contribution < -0.4 is 10.6 Å². The van der Waals surface area contributed by atoms with Crippen molar-refractivity contribution in [1.29, 1.82) is 0 Å². The van der Waals surface area contributed by atoms with Gasteiger partial charge >= 0.3 is 5.97 Å². The molecule has 5 rings (SSSR count). The number of nitrogens with zero attached hydrogens (tertiary/aromatic N) is 5. The number of ether oxygens (including phenoxy) is 1. The molecule has 0 unspecified atom stereocenters. The predicted molar refractivity (Wildman–Crippen MR) is 144 cm³/mol. The Hall–Kier alpha value is -3.73. The number of thiazole rings is 1. The molecule has 4 heterocycles. The highest BCUT2D eigenvalue weighted by molar-refractivity contribution is 7.89. The van der Waals surface area contributed by atoms with Crippen molar-refractivity contribution in [3.63, 3.8) is 0 Å². The maximum atomic E-state index is 13.0. The van der Waals surface area contributed by atoms with Crippen molar-refractivity contribution in [3.05, 3.63) is 52.7 Å². The van der Waals surface area contributed by atoms with E-state index in [-0.39, 0.29) is 17.9 Å². The number of carbonyl (C=O) groups is 3. The number of amides is 2. The number of carbonyl (C=O) groups excluding carboxylic acids is 2. The first-order valence-electron chi connectivity index (χ1n) is 13.1. The third kappa shape index (κ3) is 6.95. The molecule has 0 radical (unpaired) electrons. The first-order valence-corrected chi connectivity index (χ1v) is 15.5. The van der Waals surface area contributed by atoms with Crippen LogP contribution in [0.4, 0.5) is 0 Å². The van der Waals surface area contributed by atoms with Crippen LogP contribution in [0.2, 0.25) is 0 Å². The number of epoxide rings is 1. The van der Waals surface area contributed by atoms with Crippen molar-refractivity contribution in [2.24, 2.45) is 0 Å². The van der Waals surface area contributed by atoms with Crippen LogP contribution in [0.25, 0.3) is 5.69 Å². The predicted octanol–water partition coefficient (Wildman–Crippen LogP) is 0.484. The Morgan fingerprint density at radius 3 is 2.51 bits per heavy atom. The molecule has 2 amide bonds. The van der Waals surface area contributed by atoms with E-state index < -0.39 is 46.1 Å². The van der Waals surface area contributed by atoms with Gasteiger partial charge in [-0.25, -0.2) is 22.9 Å². The van der Waals surface area contributed by atoms with Crippen LogP contribution in [-0.4, -0.2) is 86.9 Å². The summed E-state index contributed by atoms with van der Waals surface area (Å²) < 4.78 is 33.7. The van der Waals surface area contributed by atoms with Gasteiger partial charge in [-0.3, -0.25) is 9.59 Å². The van der Waals surface area contributed by atoms with E-state index in [1.807, 2.05) is 5.38 Å². The van der Waals surface area contributed by atoms with Gasteiger partial charge in [-0.2, -0.15) is 4.31 Å². The fourth-order valence-corrected chi connectivity index (χ4v) is 6.62. The Morgan fingerprint density at radius 1 is 1.10 bits per heavy atom. The van der Waals surface area contributed by atoms with E-state index in [9.17, 15) is 22.8 Å². The summed E-state index contributed by atoms with van der Waals surface area (Å²) in [5.41, 5.74) is 3.47. The van der Waals surface area contributed by atoms with E-state index in [1.54, 1.807) is 23.8 Å². The summed E-state index contributed by atoms with van der Waals surface area (Å²) in [6, 6.07) is 5.41. The standard InChI is InChI=1S/C25H29N7O7S2/c33-23(20(9-4-16-14-40-15-27-16)28-24(34)21-22(39-21)25(35)36)26-12-17-13-32(30-29-17)18-5-7-19(8-6-18)41(37,38)31-10-2-1-3-11-31/h5-8,13-15,20-22H,1-4,9-12H2,(H,26,33)(H,28,34)(H,35,36)/t20-,21-,22-/m0/s1. The molecule has 14 nitrogen and oxygen atoms in total. The molecule has 218 valence electrons. The Labute approximate surface area is 239 Å². The molecule has 2 fully saturated rings. The van der Waals surface area contributed by atoms with Gasteiger partial charge in [0.25, 0.3) is 5.91 Å². The van der Waals surface area contributed by atoms with Gasteiger partial charge in [0, 0.05) is 18.5 Å². The third-order valence-corrected chi connectivity index (χ3v) is 9.39. The van der Waals surface area contributed by atoms with Crippen molar-refractivity contribution in [2.45, 2.75) is 61.8 Å². The van der Waals surface area contributed by atoms with Gasteiger partial charge in [0.05, 0.1) is 34.5 Å². The lowest BCUT2D eigenvalue weighted by molar-refractivity contribution is -0.138. The zero-order valence-corrected chi connectivity index (χ0v) is 23.5.